The van der Waals surface area contributed by atoms with Gasteiger partial charge in [0.15, 0.2) is 0 Å². The molecule has 1 N–H and O–H groups in total. The average Bonchev–Trinajstić information content (AvgIpc) is 2.36. The molecule has 0 saturated heterocycles. The number of nitrogens with one attached hydrogen (secondary N) is 1. The molecule has 0 aromatic heterocycles. The van der Waals surface area contributed by atoms with Crippen LogP contribution < -0.4 is 5.53 Å². The lowest BCUT2D eigenvalue weighted by Gasteiger charge is -2.41. The summed E-state index contributed by atoms with van der Waals surface area (Å²) >= 11 is 41.5. The van der Waals surface area contributed by atoms with Crippen molar-refractivity contribution < 1.29 is 0 Å². The first-order valence-corrected chi connectivity index (χ1v) is 8.16. The summed E-state index contributed by atoms with van der Waals surface area (Å²) in [4.78, 5) is 0. The molecule has 0 spiro atoms. The van der Waals surface area contributed by atoms with Gasteiger partial charge < -0.3 is 0 Å². The van der Waals surface area contributed by atoms with Gasteiger partial charge in [-0.15, -0.1) is 0 Å². The number of nitrogens with zero attached hydrogens (tertiary/aromatic N) is 2. The quantitative estimate of drug-likeness (QED) is 0.477. The molecule has 0 fully saturated rings. The fourth-order valence-electron chi connectivity index (χ4n) is 1.71. The average molecular weight is 430 g/mol. The fraction of sp³-hybridized carbons (Fsp3) is 0.273. The molecule has 1 aliphatic rings. The van der Waals surface area contributed by atoms with Gasteiger partial charge in [0.1, 0.15) is 0 Å². The minimum Gasteiger partial charge on any atom is -0.254 e. The van der Waals surface area contributed by atoms with Crippen LogP contribution in [0.25, 0.3) is 5.57 Å². The fourth-order valence-corrected chi connectivity index (χ4v) is 2.52. The summed E-state index contributed by atoms with van der Waals surface area (Å²) in [7, 11) is 0. The van der Waals surface area contributed by atoms with E-state index >= 15 is 0 Å². The second-order valence-corrected chi connectivity index (χ2v) is 8.98. The normalized spacial score (nSPS) is 17.9. The third-order valence-electron chi connectivity index (χ3n) is 2.64. The van der Waals surface area contributed by atoms with E-state index in [2.05, 4.69) is 5.53 Å². The molecule has 1 aromatic carbocycles. The van der Waals surface area contributed by atoms with Gasteiger partial charge >= 0.3 is 0 Å². The molecule has 2 rings (SSSR count). The summed E-state index contributed by atoms with van der Waals surface area (Å²) < 4.78 is -3.52. The number of hydrogen-bond acceptors (Lipinski definition) is 3. The van der Waals surface area contributed by atoms with Crippen molar-refractivity contribution in [2.75, 3.05) is 6.54 Å². The third-order valence-corrected chi connectivity index (χ3v) is 4.13. The lowest BCUT2D eigenvalue weighted by Crippen LogP contribution is -2.59. The molecule has 3 nitrogen and oxygen atoms in total. The molecule has 1 aromatic rings. The molecule has 116 valence electrons. The molecule has 1 aliphatic heterocycles. The van der Waals surface area contributed by atoms with Crippen molar-refractivity contribution in [3.63, 3.8) is 0 Å². The molecule has 1 heterocycles. The smallest absolute Gasteiger partial charge is 0.254 e. The zero-order valence-electron chi connectivity index (χ0n) is 10.1. The molecule has 10 heteroatoms. The topological polar surface area (TPSA) is 18.5 Å². The molecule has 0 saturated carbocycles. The first-order chi connectivity index (χ1) is 9.59. The Labute approximate surface area is 157 Å². The Morgan fingerprint density at radius 2 is 1.57 bits per heavy atom. The summed E-state index contributed by atoms with van der Waals surface area (Å²) in [6, 6.07) is 7.22. The summed E-state index contributed by atoms with van der Waals surface area (Å²) in [5.74, 6) is 0. The Balaban J connectivity index is 2.43. The number of hydrogen-bond donors (Lipinski definition) is 1. The molecule has 0 atom stereocenters. The Morgan fingerprint density at radius 3 is 2.10 bits per heavy atom. The van der Waals surface area contributed by atoms with E-state index in [1.165, 1.54) is 10.0 Å². The molecule has 0 amide bonds. The first-order valence-electron chi connectivity index (χ1n) is 5.51. The van der Waals surface area contributed by atoms with Gasteiger partial charge in [0.05, 0.1) is 0 Å². The molecule has 0 bridgehead atoms. The largest absolute Gasteiger partial charge is 0.282 e. The van der Waals surface area contributed by atoms with Gasteiger partial charge in [-0.25, -0.2) is 0 Å². The van der Waals surface area contributed by atoms with Crippen LogP contribution in [0.2, 0.25) is 5.02 Å². The van der Waals surface area contributed by atoms with E-state index in [1.54, 1.807) is 12.3 Å². The van der Waals surface area contributed by atoms with E-state index in [9.17, 15) is 0 Å². The van der Waals surface area contributed by atoms with E-state index in [0.717, 1.165) is 11.1 Å². The van der Waals surface area contributed by atoms with Crippen molar-refractivity contribution in [3.8, 4) is 0 Å². The zero-order chi connectivity index (χ0) is 15.8. The highest BCUT2D eigenvalue weighted by molar-refractivity contribution is 6.67. The number of alkyl halides is 6. The Morgan fingerprint density at radius 1 is 0.952 bits per heavy atom. The monoisotopic (exact) mass is 427 g/mol. The predicted octanol–water partition coefficient (Wildman–Crippen LogP) is 5.37. The maximum atomic E-state index is 6.19. The zero-order valence-corrected chi connectivity index (χ0v) is 15.4. The van der Waals surface area contributed by atoms with Crippen LogP contribution >= 0.6 is 81.2 Å². The Bertz CT molecular complexity index is 549. The molecular weight excluding hydrogens is 422 g/mol. The van der Waals surface area contributed by atoms with Crippen molar-refractivity contribution in [2.24, 2.45) is 0 Å². The number of rotatable bonds is 1. The summed E-state index contributed by atoms with van der Waals surface area (Å²) in [5, 5.41) is 3.03. The van der Waals surface area contributed by atoms with Crippen LogP contribution in [0.1, 0.15) is 5.56 Å². The van der Waals surface area contributed by atoms with Gasteiger partial charge in [0.2, 0.25) is 0 Å². The molecule has 0 radical (unpaired) electrons. The van der Waals surface area contributed by atoms with E-state index < -0.39 is 7.83 Å². The maximum absolute atomic E-state index is 6.19. The van der Waals surface area contributed by atoms with Gasteiger partial charge in [-0.1, -0.05) is 99.4 Å². The van der Waals surface area contributed by atoms with Gasteiger partial charge in [0.25, 0.3) is 7.83 Å². The highest BCUT2D eigenvalue weighted by atomic mass is 35.6. The van der Waals surface area contributed by atoms with Crippen LogP contribution in [0.15, 0.2) is 30.5 Å². The lowest BCUT2D eigenvalue weighted by atomic mass is 10.1. The van der Waals surface area contributed by atoms with Gasteiger partial charge in [-0.05, 0) is 17.2 Å². The molecule has 21 heavy (non-hydrogen) atoms. The lowest BCUT2D eigenvalue weighted by molar-refractivity contribution is 0.0534. The van der Waals surface area contributed by atoms with Crippen LogP contribution in [0.5, 0.6) is 0 Å². The number of halogens is 7. The van der Waals surface area contributed by atoms with Gasteiger partial charge in [-0.3, -0.25) is 5.01 Å². The summed E-state index contributed by atoms with van der Waals surface area (Å²) in [6.07, 6.45) is 1.60. The van der Waals surface area contributed by atoms with Crippen molar-refractivity contribution >= 4 is 86.8 Å². The van der Waals surface area contributed by atoms with E-state index in [0.29, 0.717) is 5.02 Å². The number of hydrazine groups is 2. The highest BCUT2D eigenvalue weighted by Crippen LogP contribution is 2.38. The summed E-state index contributed by atoms with van der Waals surface area (Å²) in [5.41, 5.74) is 4.18. The third kappa shape index (κ3) is 4.60. The van der Waals surface area contributed by atoms with E-state index in [1.807, 2.05) is 18.2 Å². The maximum Gasteiger partial charge on any atom is 0.282 e. The van der Waals surface area contributed by atoms with Crippen molar-refractivity contribution in [3.05, 3.63) is 41.1 Å². The standard InChI is InChI=1S/C11H8Cl7N3/c12-9-4-2-1-3-8(9)7-5-20(10(13,14)15)19-21(6-7)11(16,17)18/h1-5,19H,6H2. The second-order valence-electron chi connectivity index (χ2n) is 4.13. The first kappa shape index (κ1) is 18.1. The van der Waals surface area contributed by atoms with Crippen molar-refractivity contribution in [2.45, 2.75) is 7.83 Å². The Kier molecular flexibility index (Phi) is 5.74. The van der Waals surface area contributed by atoms with Crippen molar-refractivity contribution in [1.29, 1.82) is 0 Å². The van der Waals surface area contributed by atoms with Crippen LogP contribution in [0, 0.1) is 0 Å². The minimum atomic E-state index is -1.78. The van der Waals surface area contributed by atoms with Crippen LogP contribution in [0.3, 0.4) is 0 Å². The highest BCUT2D eigenvalue weighted by Gasteiger charge is 2.39. The van der Waals surface area contributed by atoms with E-state index in [4.69, 9.17) is 81.2 Å². The van der Waals surface area contributed by atoms with Gasteiger partial charge in [0, 0.05) is 17.8 Å². The molecular formula is C11H8Cl7N3. The van der Waals surface area contributed by atoms with Crippen LogP contribution in [-0.4, -0.2) is 24.4 Å². The minimum absolute atomic E-state index is 0.248. The van der Waals surface area contributed by atoms with Crippen LogP contribution in [0.4, 0.5) is 0 Å². The Hall–Kier alpha value is 0.710. The van der Waals surface area contributed by atoms with Gasteiger partial charge in [-0.2, -0.15) is 10.5 Å². The SMILES string of the molecule is Clc1ccccc1C1=CN(C(Cl)(Cl)Cl)NN(C(Cl)(Cl)Cl)C1. The van der Waals surface area contributed by atoms with Crippen LogP contribution in [-0.2, 0) is 0 Å². The van der Waals surface area contributed by atoms with E-state index in [-0.39, 0.29) is 6.54 Å². The number of benzene rings is 1. The second kappa shape index (κ2) is 6.68. The molecule has 0 unspecified atom stereocenters. The van der Waals surface area contributed by atoms with Crippen molar-refractivity contribution in [1.82, 2.24) is 15.6 Å². The summed E-state index contributed by atoms with van der Waals surface area (Å²) in [6.45, 7) is 0.248. The predicted molar refractivity (Wildman–Crippen MR) is 91.7 cm³/mol. The molecule has 0 aliphatic carbocycles.